The number of carbonyl (C=O) groups is 1. The Morgan fingerprint density at radius 3 is 2.27 bits per heavy atom. The molecule has 0 atom stereocenters. The Balaban J connectivity index is 1.79. The van der Waals surface area contributed by atoms with Crippen LogP contribution >= 0.6 is 0 Å². The van der Waals surface area contributed by atoms with E-state index in [9.17, 15) is 4.79 Å². The molecule has 2 aromatic carbocycles. The van der Waals surface area contributed by atoms with Crippen LogP contribution in [0.15, 0.2) is 47.7 Å². The number of rotatable bonds is 9. The number of aromatic nitrogens is 2. The number of amides is 1. The Labute approximate surface area is 174 Å². The van der Waals surface area contributed by atoms with Crippen molar-refractivity contribution < 1.29 is 19.0 Å². The molecule has 30 heavy (non-hydrogen) atoms. The molecule has 0 bridgehead atoms. The van der Waals surface area contributed by atoms with E-state index in [0.29, 0.717) is 48.3 Å². The van der Waals surface area contributed by atoms with Gasteiger partial charge in [0.1, 0.15) is 5.69 Å². The lowest BCUT2D eigenvalue weighted by molar-refractivity contribution is 0.0954. The minimum Gasteiger partial charge on any atom is -0.490 e. The number of nitrogens with one attached hydrogen (secondary N) is 1. The van der Waals surface area contributed by atoms with Gasteiger partial charge in [-0.25, -0.2) is 10.4 Å². The molecule has 156 valence electrons. The molecular formula is C22H24N4O4. The minimum atomic E-state index is -0.412. The lowest BCUT2D eigenvalue weighted by atomic mass is 10.1. The second kappa shape index (κ2) is 10.2. The number of benzene rings is 2. The molecule has 0 saturated heterocycles. The molecule has 0 saturated carbocycles. The number of hydrogen-bond acceptors (Lipinski definition) is 7. The molecule has 0 spiro atoms. The van der Waals surface area contributed by atoms with Gasteiger partial charge in [-0.1, -0.05) is 12.1 Å². The molecule has 1 aromatic heterocycles. The van der Waals surface area contributed by atoms with Crippen LogP contribution < -0.4 is 19.6 Å². The largest absolute Gasteiger partial charge is 0.490 e. The molecule has 3 rings (SSSR count). The first-order valence-electron chi connectivity index (χ1n) is 9.77. The van der Waals surface area contributed by atoms with E-state index in [-0.39, 0.29) is 0 Å². The number of carbonyl (C=O) groups excluding carboxylic acids is 1. The monoisotopic (exact) mass is 408 g/mol. The molecule has 0 aliphatic rings. The van der Waals surface area contributed by atoms with Gasteiger partial charge in [0.15, 0.2) is 11.5 Å². The summed E-state index contributed by atoms with van der Waals surface area (Å²) in [5.74, 6) is 0.956. The van der Waals surface area contributed by atoms with E-state index in [1.807, 2.05) is 45.0 Å². The van der Waals surface area contributed by atoms with Gasteiger partial charge in [-0.05, 0) is 45.0 Å². The molecule has 1 heterocycles. The van der Waals surface area contributed by atoms with Crippen LogP contribution in [0.2, 0.25) is 0 Å². The summed E-state index contributed by atoms with van der Waals surface area (Å²) in [5.41, 5.74) is 4.91. The van der Waals surface area contributed by atoms with E-state index >= 15 is 0 Å². The molecule has 1 N–H and O–H groups in total. The van der Waals surface area contributed by atoms with Crippen LogP contribution in [-0.2, 0) is 0 Å². The van der Waals surface area contributed by atoms with Crippen molar-refractivity contribution in [1.82, 2.24) is 15.4 Å². The predicted octanol–water partition coefficient (Wildman–Crippen LogP) is 3.59. The van der Waals surface area contributed by atoms with Gasteiger partial charge in [-0.3, -0.25) is 9.78 Å². The first-order chi connectivity index (χ1) is 14.7. The third kappa shape index (κ3) is 5.02. The molecule has 0 unspecified atom stereocenters. The van der Waals surface area contributed by atoms with E-state index in [0.717, 1.165) is 11.0 Å². The average Bonchev–Trinajstić information content (AvgIpc) is 2.76. The van der Waals surface area contributed by atoms with Crippen LogP contribution in [0.1, 0.15) is 36.8 Å². The summed E-state index contributed by atoms with van der Waals surface area (Å²) in [6.07, 6.45) is 3.04. The van der Waals surface area contributed by atoms with Crippen LogP contribution in [0.25, 0.3) is 11.0 Å². The Bertz CT molecular complexity index is 1030. The van der Waals surface area contributed by atoms with Crippen molar-refractivity contribution in [2.45, 2.75) is 20.8 Å². The molecule has 0 aliphatic heterocycles. The zero-order chi connectivity index (χ0) is 21.3. The van der Waals surface area contributed by atoms with Crippen molar-refractivity contribution in [2.24, 2.45) is 5.10 Å². The van der Waals surface area contributed by atoms with Crippen molar-refractivity contribution >= 4 is 23.2 Å². The van der Waals surface area contributed by atoms with Gasteiger partial charge in [0.2, 0.25) is 5.75 Å². The Morgan fingerprint density at radius 2 is 1.63 bits per heavy atom. The first kappa shape index (κ1) is 21.0. The fraction of sp³-hybridized carbons (Fsp3) is 0.273. The lowest BCUT2D eigenvalue weighted by Crippen LogP contribution is -2.18. The molecule has 0 aliphatic carbocycles. The van der Waals surface area contributed by atoms with Crippen molar-refractivity contribution in [3.63, 3.8) is 0 Å². The topological polar surface area (TPSA) is 94.9 Å². The normalized spacial score (nSPS) is 10.9. The van der Waals surface area contributed by atoms with Crippen LogP contribution in [0.3, 0.4) is 0 Å². The van der Waals surface area contributed by atoms with Gasteiger partial charge >= 0.3 is 0 Å². The highest BCUT2D eigenvalue weighted by Gasteiger charge is 2.18. The first-order valence-corrected chi connectivity index (χ1v) is 9.77. The highest BCUT2D eigenvalue weighted by atomic mass is 16.5. The fourth-order valence-corrected chi connectivity index (χ4v) is 2.78. The van der Waals surface area contributed by atoms with Crippen LogP contribution in [0.5, 0.6) is 17.2 Å². The van der Waals surface area contributed by atoms with E-state index < -0.39 is 5.91 Å². The van der Waals surface area contributed by atoms with Crippen molar-refractivity contribution in [3.8, 4) is 17.2 Å². The van der Waals surface area contributed by atoms with Gasteiger partial charge in [0.25, 0.3) is 5.91 Å². The Kier molecular flexibility index (Phi) is 7.15. The van der Waals surface area contributed by atoms with Crippen molar-refractivity contribution in [1.29, 1.82) is 0 Å². The number of para-hydroxylation sites is 2. The third-order valence-electron chi connectivity index (χ3n) is 4.00. The zero-order valence-corrected chi connectivity index (χ0v) is 17.2. The zero-order valence-electron chi connectivity index (χ0n) is 17.2. The van der Waals surface area contributed by atoms with Crippen molar-refractivity contribution in [3.05, 3.63) is 53.9 Å². The number of fused-ring (bicyclic) bond motifs is 1. The quantitative estimate of drug-likeness (QED) is 0.429. The van der Waals surface area contributed by atoms with E-state index in [4.69, 9.17) is 14.2 Å². The number of nitrogens with zero attached hydrogens (tertiary/aromatic N) is 3. The van der Waals surface area contributed by atoms with Gasteiger partial charge < -0.3 is 14.2 Å². The Morgan fingerprint density at radius 1 is 1.00 bits per heavy atom. The van der Waals surface area contributed by atoms with Gasteiger partial charge in [-0.15, -0.1) is 0 Å². The fourth-order valence-electron chi connectivity index (χ4n) is 2.78. The summed E-state index contributed by atoms with van der Waals surface area (Å²) in [7, 11) is 0. The molecule has 8 nitrogen and oxygen atoms in total. The van der Waals surface area contributed by atoms with E-state index in [2.05, 4.69) is 20.5 Å². The SMILES string of the molecule is CCOc1cc(C(=O)N/N=C\c2cnc3ccccc3n2)cc(OCC)c1OCC. The third-order valence-corrected chi connectivity index (χ3v) is 4.00. The lowest BCUT2D eigenvalue weighted by Gasteiger charge is -2.16. The molecule has 8 heteroatoms. The van der Waals surface area contributed by atoms with Gasteiger partial charge in [0.05, 0.1) is 43.3 Å². The summed E-state index contributed by atoms with van der Waals surface area (Å²) in [4.78, 5) is 21.4. The molecule has 3 aromatic rings. The predicted molar refractivity (Wildman–Crippen MR) is 115 cm³/mol. The van der Waals surface area contributed by atoms with Crippen LogP contribution in [-0.4, -0.2) is 41.9 Å². The molecular weight excluding hydrogens is 384 g/mol. The highest BCUT2D eigenvalue weighted by Crippen LogP contribution is 2.39. The van der Waals surface area contributed by atoms with Crippen molar-refractivity contribution in [2.75, 3.05) is 19.8 Å². The maximum atomic E-state index is 12.6. The Hall–Kier alpha value is -3.68. The molecule has 1 amide bonds. The summed E-state index contributed by atoms with van der Waals surface area (Å²) >= 11 is 0. The summed E-state index contributed by atoms with van der Waals surface area (Å²) < 4.78 is 16.9. The van der Waals surface area contributed by atoms with Crippen LogP contribution in [0, 0.1) is 0 Å². The molecule has 0 fully saturated rings. The maximum absolute atomic E-state index is 12.6. The second-order valence-electron chi connectivity index (χ2n) is 6.08. The highest BCUT2D eigenvalue weighted by molar-refractivity contribution is 5.96. The molecule has 0 radical (unpaired) electrons. The van der Waals surface area contributed by atoms with Gasteiger partial charge in [0, 0.05) is 5.56 Å². The van der Waals surface area contributed by atoms with E-state index in [1.165, 1.54) is 6.21 Å². The number of hydrazone groups is 1. The van der Waals surface area contributed by atoms with E-state index in [1.54, 1.807) is 18.3 Å². The second-order valence-corrected chi connectivity index (χ2v) is 6.08. The summed E-state index contributed by atoms with van der Waals surface area (Å²) in [5, 5.41) is 3.99. The number of ether oxygens (including phenoxy) is 3. The smallest absolute Gasteiger partial charge is 0.271 e. The van der Waals surface area contributed by atoms with Gasteiger partial charge in [-0.2, -0.15) is 5.10 Å². The summed E-state index contributed by atoms with van der Waals surface area (Å²) in [6.45, 7) is 6.89. The summed E-state index contributed by atoms with van der Waals surface area (Å²) in [6, 6.07) is 10.7. The van der Waals surface area contributed by atoms with Crippen LogP contribution in [0.4, 0.5) is 0 Å². The standard InChI is InChI=1S/C22H24N4O4/c1-4-28-19-11-15(12-20(29-5-2)21(19)30-6-3)22(27)26-24-14-16-13-23-17-9-7-8-10-18(17)25-16/h7-14H,4-6H2,1-3H3,(H,26,27)/b24-14-. The average molecular weight is 408 g/mol. The number of hydrogen-bond donors (Lipinski definition) is 1. The minimum absolute atomic E-state index is 0.340. The maximum Gasteiger partial charge on any atom is 0.271 e.